The fourth-order valence-corrected chi connectivity index (χ4v) is 9.54. The van der Waals surface area contributed by atoms with Crippen molar-refractivity contribution >= 4 is 21.9 Å². The number of hydrogen-bond acceptors (Lipinski definition) is 5. The molecule has 5 heteroatoms. The molecule has 1 saturated carbocycles. The van der Waals surface area contributed by atoms with Crippen molar-refractivity contribution in [1.29, 1.82) is 5.26 Å². The first-order chi connectivity index (χ1) is 28.2. The van der Waals surface area contributed by atoms with Gasteiger partial charge in [-0.05, 0) is 87.7 Å². The predicted octanol–water partition coefficient (Wildman–Crippen LogP) is 13.2. The van der Waals surface area contributed by atoms with E-state index in [4.69, 9.17) is 19.4 Å². The van der Waals surface area contributed by atoms with Crippen molar-refractivity contribution in [3.63, 3.8) is 0 Å². The van der Waals surface area contributed by atoms with Crippen LogP contribution in [0.3, 0.4) is 0 Å². The minimum Gasteiger partial charge on any atom is -0.456 e. The van der Waals surface area contributed by atoms with Crippen LogP contribution in [-0.4, -0.2) is 15.0 Å². The lowest BCUT2D eigenvalue weighted by atomic mass is 9.67. The number of benzene rings is 7. The highest BCUT2D eigenvalue weighted by Gasteiger charge is 2.44. The smallest absolute Gasteiger partial charge is 0.164 e. The average Bonchev–Trinajstić information content (AvgIpc) is 3.80. The summed E-state index contributed by atoms with van der Waals surface area (Å²) in [6.07, 6.45) is 6.04. The van der Waals surface area contributed by atoms with E-state index in [1.54, 1.807) is 0 Å². The zero-order chi connectivity index (χ0) is 37.9. The third-order valence-electron chi connectivity index (χ3n) is 12.2. The van der Waals surface area contributed by atoms with Crippen molar-refractivity contribution in [2.24, 2.45) is 0 Å². The maximum atomic E-state index is 9.89. The van der Waals surface area contributed by atoms with Gasteiger partial charge in [0.1, 0.15) is 11.2 Å². The number of para-hydroxylation sites is 1. The number of hydrogen-bond donors (Lipinski definition) is 0. The molecule has 0 aliphatic heterocycles. The zero-order valence-corrected chi connectivity index (χ0v) is 31.2. The standard InChI is InChI=1S/C52H36N4O/c53-32-33-22-27-43-42(30-33)47-39(17-10-19-44(47)52(43)28-7-2-8-29-52)38-15-9-14-37(31-38)34-23-25-36(26-24-34)50-54-49(35-12-3-1-4-13-35)55-51(56-50)41-18-11-21-46-48(41)40-16-5-6-20-45(40)57-46/h1,3-6,9-27,30-31H,2,7-8,28-29H2. The van der Waals surface area contributed by atoms with Gasteiger partial charge in [0.05, 0.1) is 11.6 Å². The van der Waals surface area contributed by atoms with E-state index in [0.29, 0.717) is 23.0 Å². The molecule has 0 saturated heterocycles. The highest BCUT2D eigenvalue weighted by molar-refractivity contribution is 6.11. The zero-order valence-electron chi connectivity index (χ0n) is 31.2. The fraction of sp³-hybridized carbons (Fsp3) is 0.115. The first kappa shape index (κ1) is 33.2. The minimum atomic E-state index is 0.0223. The normalized spacial score (nSPS) is 14.1. The molecular weight excluding hydrogens is 697 g/mol. The van der Waals surface area contributed by atoms with Gasteiger partial charge >= 0.3 is 0 Å². The maximum Gasteiger partial charge on any atom is 0.164 e. The second-order valence-corrected chi connectivity index (χ2v) is 15.4. The third kappa shape index (κ3) is 5.40. The number of furan rings is 1. The van der Waals surface area contributed by atoms with Crippen molar-refractivity contribution < 1.29 is 4.42 Å². The summed E-state index contributed by atoms with van der Waals surface area (Å²) in [5, 5.41) is 11.9. The van der Waals surface area contributed by atoms with Crippen LogP contribution in [0, 0.1) is 11.3 Å². The topological polar surface area (TPSA) is 75.6 Å². The second kappa shape index (κ2) is 13.3. The highest BCUT2D eigenvalue weighted by Crippen LogP contribution is 2.58. The lowest BCUT2D eigenvalue weighted by Crippen LogP contribution is -2.28. The molecule has 7 aromatic carbocycles. The molecule has 9 aromatic rings. The lowest BCUT2D eigenvalue weighted by Gasteiger charge is -2.36. The highest BCUT2D eigenvalue weighted by atomic mass is 16.3. The molecule has 2 aliphatic carbocycles. The largest absolute Gasteiger partial charge is 0.456 e. The lowest BCUT2D eigenvalue weighted by molar-refractivity contribution is 0.353. The van der Waals surface area contributed by atoms with E-state index in [1.807, 2.05) is 66.7 Å². The van der Waals surface area contributed by atoms with E-state index in [1.165, 1.54) is 52.6 Å². The van der Waals surface area contributed by atoms with Gasteiger partial charge in [0.15, 0.2) is 17.5 Å². The predicted molar refractivity (Wildman–Crippen MR) is 228 cm³/mol. The Morgan fingerprint density at radius 1 is 0.474 bits per heavy atom. The third-order valence-corrected chi connectivity index (χ3v) is 12.2. The maximum absolute atomic E-state index is 9.89. The molecule has 1 fully saturated rings. The second-order valence-electron chi connectivity index (χ2n) is 15.4. The molecule has 0 bridgehead atoms. The van der Waals surface area contributed by atoms with Gasteiger partial charge in [0.25, 0.3) is 0 Å². The Morgan fingerprint density at radius 3 is 1.95 bits per heavy atom. The average molecular weight is 733 g/mol. The Hall–Kier alpha value is -7.16. The first-order valence-electron chi connectivity index (χ1n) is 19.8. The van der Waals surface area contributed by atoms with Crippen molar-refractivity contribution in [3.05, 3.63) is 174 Å². The van der Waals surface area contributed by atoms with Crippen molar-refractivity contribution in [2.45, 2.75) is 37.5 Å². The molecule has 0 amide bonds. The molecule has 11 rings (SSSR count). The summed E-state index contributed by atoms with van der Waals surface area (Å²) in [5.41, 5.74) is 15.1. The molecule has 0 radical (unpaired) electrons. The Balaban J connectivity index is 0.994. The van der Waals surface area contributed by atoms with Crippen molar-refractivity contribution in [3.8, 4) is 73.6 Å². The molecule has 270 valence electrons. The fourth-order valence-electron chi connectivity index (χ4n) is 9.54. The summed E-state index contributed by atoms with van der Waals surface area (Å²) in [4.78, 5) is 15.2. The van der Waals surface area contributed by atoms with Crippen molar-refractivity contribution in [2.75, 3.05) is 0 Å². The van der Waals surface area contributed by atoms with Gasteiger partial charge in [-0.2, -0.15) is 5.26 Å². The number of aromatic nitrogens is 3. The number of fused-ring (bicyclic) bond motifs is 8. The van der Waals surface area contributed by atoms with Crippen LogP contribution in [0.4, 0.5) is 0 Å². The van der Waals surface area contributed by atoms with Gasteiger partial charge in [-0.25, -0.2) is 15.0 Å². The number of nitriles is 1. The van der Waals surface area contributed by atoms with E-state index in [-0.39, 0.29) is 5.41 Å². The quantitative estimate of drug-likeness (QED) is 0.176. The van der Waals surface area contributed by atoms with Gasteiger partial charge < -0.3 is 4.42 Å². The molecule has 0 atom stereocenters. The van der Waals surface area contributed by atoms with Crippen LogP contribution in [-0.2, 0) is 5.41 Å². The van der Waals surface area contributed by atoms with E-state index >= 15 is 0 Å². The van der Waals surface area contributed by atoms with Crippen LogP contribution in [0.15, 0.2) is 162 Å². The molecule has 57 heavy (non-hydrogen) atoms. The summed E-state index contributed by atoms with van der Waals surface area (Å²) in [7, 11) is 0. The van der Waals surface area contributed by atoms with Crippen LogP contribution in [0.1, 0.15) is 48.8 Å². The van der Waals surface area contributed by atoms with E-state index < -0.39 is 0 Å². The first-order valence-corrected chi connectivity index (χ1v) is 19.8. The van der Waals surface area contributed by atoms with Gasteiger partial charge in [0.2, 0.25) is 0 Å². The van der Waals surface area contributed by atoms with E-state index in [9.17, 15) is 5.26 Å². The molecule has 0 unspecified atom stereocenters. The Labute approximate surface area is 331 Å². The van der Waals surface area contributed by atoms with E-state index in [2.05, 4.69) is 97.1 Å². The van der Waals surface area contributed by atoms with Gasteiger partial charge in [-0.3, -0.25) is 0 Å². The monoisotopic (exact) mass is 732 g/mol. The summed E-state index contributed by atoms with van der Waals surface area (Å²) in [6.45, 7) is 0. The minimum absolute atomic E-state index is 0.0223. The summed E-state index contributed by atoms with van der Waals surface area (Å²) in [5.74, 6) is 1.82. The van der Waals surface area contributed by atoms with E-state index in [0.717, 1.165) is 62.6 Å². The van der Waals surface area contributed by atoms with Gasteiger partial charge in [0, 0.05) is 32.9 Å². The SMILES string of the molecule is N#Cc1ccc2c(c1)-c1c(-c3cccc(-c4ccc(-c5nc(-c6ccccc6)nc(-c6cccc7oc8ccccc8c67)n5)cc4)c3)cccc1C21CCCCC1. The van der Waals surface area contributed by atoms with Gasteiger partial charge in [-0.15, -0.1) is 0 Å². The Morgan fingerprint density at radius 2 is 1.12 bits per heavy atom. The Kier molecular flexibility index (Phi) is 7.72. The van der Waals surface area contributed by atoms with Crippen LogP contribution in [0.5, 0.6) is 0 Å². The van der Waals surface area contributed by atoms with Crippen LogP contribution < -0.4 is 0 Å². The number of rotatable bonds is 5. The molecule has 2 aliphatic rings. The van der Waals surface area contributed by atoms with Gasteiger partial charge in [-0.1, -0.05) is 147 Å². The van der Waals surface area contributed by atoms with Crippen LogP contribution >= 0.6 is 0 Å². The van der Waals surface area contributed by atoms with Crippen molar-refractivity contribution in [1.82, 2.24) is 15.0 Å². The van der Waals surface area contributed by atoms with Crippen LogP contribution in [0.25, 0.3) is 89.5 Å². The summed E-state index contributed by atoms with van der Waals surface area (Å²) < 4.78 is 6.23. The molecule has 1 spiro atoms. The summed E-state index contributed by atoms with van der Waals surface area (Å²) >= 11 is 0. The molecule has 0 N–H and O–H groups in total. The molecule has 2 heterocycles. The molecule has 5 nitrogen and oxygen atoms in total. The molecular formula is C52H36N4O. The molecule has 2 aromatic heterocycles. The van der Waals surface area contributed by atoms with Crippen LogP contribution in [0.2, 0.25) is 0 Å². The summed E-state index contributed by atoms with van der Waals surface area (Å²) in [6, 6.07) is 57.2. The number of nitrogens with zero attached hydrogens (tertiary/aromatic N) is 4. The Bertz CT molecular complexity index is 3060.